The lowest BCUT2D eigenvalue weighted by Crippen LogP contribution is -2.29. The van der Waals surface area contributed by atoms with Crippen molar-refractivity contribution in [2.24, 2.45) is 5.84 Å². The Morgan fingerprint density at radius 1 is 1.40 bits per heavy atom. The van der Waals surface area contributed by atoms with Crippen molar-refractivity contribution in [2.45, 2.75) is 32.4 Å². The SMILES string of the molecule is CCCn1cc(C(Cc2ccc(F)cc2F)NN)cn1. The highest BCUT2D eigenvalue weighted by Crippen LogP contribution is 2.20. The molecule has 0 spiro atoms. The van der Waals surface area contributed by atoms with Gasteiger partial charge in [0.15, 0.2) is 0 Å². The number of hydrazine groups is 1. The number of aromatic nitrogens is 2. The molecule has 2 rings (SSSR count). The van der Waals surface area contributed by atoms with Crippen LogP contribution in [0, 0.1) is 11.6 Å². The third-order valence-corrected chi connectivity index (χ3v) is 3.15. The highest BCUT2D eigenvalue weighted by Gasteiger charge is 2.15. The minimum atomic E-state index is -0.584. The molecule has 1 unspecified atom stereocenters. The molecule has 0 bridgehead atoms. The van der Waals surface area contributed by atoms with Gasteiger partial charge in [-0.15, -0.1) is 0 Å². The first-order valence-electron chi connectivity index (χ1n) is 6.56. The lowest BCUT2D eigenvalue weighted by molar-refractivity contribution is 0.520. The molecule has 6 heteroatoms. The van der Waals surface area contributed by atoms with Gasteiger partial charge in [0.25, 0.3) is 0 Å². The molecule has 108 valence electrons. The van der Waals surface area contributed by atoms with Crippen molar-refractivity contribution in [3.05, 3.63) is 53.4 Å². The van der Waals surface area contributed by atoms with Gasteiger partial charge in [0.1, 0.15) is 11.6 Å². The van der Waals surface area contributed by atoms with Crippen LogP contribution in [0.2, 0.25) is 0 Å². The summed E-state index contributed by atoms with van der Waals surface area (Å²) in [5.74, 6) is 4.38. The Kier molecular flexibility index (Phi) is 4.81. The van der Waals surface area contributed by atoms with E-state index >= 15 is 0 Å². The van der Waals surface area contributed by atoms with Crippen molar-refractivity contribution in [2.75, 3.05) is 0 Å². The topological polar surface area (TPSA) is 55.9 Å². The molecular weight excluding hydrogens is 262 g/mol. The van der Waals surface area contributed by atoms with Crippen LogP contribution < -0.4 is 11.3 Å². The largest absolute Gasteiger partial charge is 0.272 e. The van der Waals surface area contributed by atoms with Gasteiger partial charge in [-0.3, -0.25) is 16.0 Å². The van der Waals surface area contributed by atoms with Gasteiger partial charge in [0.05, 0.1) is 12.2 Å². The zero-order valence-electron chi connectivity index (χ0n) is 11.3. The van der Waals surface area contributed by atoms with Crippen LogP contribution in [0.3, 0.4) is 0 Å². The Balaban J connectivity index is 2.15. The zero-order chi connectivity index (χ0) is 14.5. The number of nitrogens with zero attached hydrogens (tertiary/aromatic N) is 2. The zero-order valence-corrected chi connectivity index (χ0v) is 11.3. The number of halogens is 2. The van der Waals surface area contributed by atoms with E-state index in [1.54, 1.807) is 6.20 Å². The van der Waals surface area contributed by atoms with Crippen molar-refractivity contribution in [1.29, 1.82) is 0 Å². The average Bonchev–Trinajstić information content (AvgIpc) is 2.87. The van der Waals surface area contributed by atoms with Gasteiger partial charge in [0, 0.05) is 24.4 Å². The Morgan fingerprint density at radius 2 is 2.20 bits per heavy atom. The summed E-state index contributed by atoms with van der Waals surface area (Å²) in [5.41, 5.74) is 3.94. The van der Waals surface area contributed by atoms with Gasteiger partial charge in [0.2, 0.25) is 0 Å². The molecule has 0 aliphatic rings. The van der Waals surface area contributed by atoms with E-state index in [0.717, 1.165) is 24.6 Å². The van der Waals surface area contributed by atoms with Gasteiger partial charge in [-0.1, -0.05) is 13.0 Å². The van der Waals surface area contributed by atoms with Crippen LogP contribution in [-0.2, 0) is 13.0 Å². The fourth-order valence-corrected chi connectivity index (χ4v) is 2.09. The molecule has 2 aromatic rings. The fourth-order valence-electron chi connectivity index (χ4n) is 2.09. The Morgan fingerprint density at radius 3 is 2.85 bits per heavy atom. The summed E-state index contributed by atoms with van der Waals surface area (Å²) in [6, 6.07) is 3.29. The summed E-state index contributed by atoms with van der Waals surface area (Å²) in [6.07, 6.45) is 4.91. The second kappa shape index (κ2) is 6.58. The quantitative estimate of drug-likeness (QED) is 0.630. The monoisotopic (exact) mass is 280 g/mol. The maximum Gasteiger partial charge on any atom is 0.129 e. The number of hydrogen-bond acceptors (Lipinski definition) is 3. The summed E-state index contributed by atoms with van der Waals surface area (Å²) in [6.45, 7) is 2.89. The first kappa shape index (κ1) is 14.6. The minimum absolute atomic E-state index is 0.263. The molecule has 1 aromatic heterocycles. The van der Waals surface area contributed by atoms with E-state index in [2.05, 4.69) is 17.4 Å². The summed E-state index contributed by atoms with van der Waals surface area (Å²) < 4.78 is 28.4. The summed E-state index contributed by atoms with van der Waals surface area (Å²) in [4.78, 5) is 0. The Hall–Kier alpha value is -1.79. The summed E-state index contributed by atoms with van der Waals surface area (Å²) in [7, 11) is 0. The standard InChI is InChI=1S/C14H18F2N4/c1-2-5-20-9-11(8-18-20)14(19-17)6-10-3-4-12(15)7-13(10)16/h3-4,7-9,14,19H,2,5-6,17H2,1H3. The van der Waals surface area contributed by atoms with E-state index in [9.17, 15) is 8.78 Å². The van der Waals surface area contributed by atoms with Crippen LogP contribution in [0.25, 0.3) is 0 Å². The van der Waals surface area contributed by atoms with Crippen LogP contribution in [0.4, 0.5) is 8.78 Å². The van der Waals surface area contributed by atoms with Gasteiger partial charge in [-0.2, -0.15) is 5.10 Å². The Labute approximate surface area is 116 Å². The first-order valence-corrected chi connectivity index (χ1v) is 6.56. The number of nitrogens with one attached hydrogen (secondary N) is 1. The second-order valence-corrected chi connectivity index (χ2v) is 4.70. The summed E-state index contributed by atoms with van der Waals surface area (Å²) in [5, 5.41) is 4.22. The van der Waals surface area contributed by atoms with Crippen molar-refractivity contribution in [1.82, 2.24) is 15.2 Å². The maximum atomic E-state index is 13.7. The number of aryl methyl sites for hydroxylation is 1. The third kappa shape index (κ3) is 3.40. The second-order valence-electron chi connectivity index (χ2n) is 4.70. The van der Waals surface area contributed by atoms with Crippen LogP contribution in [0.15, 0.2) is 30.6 Å². The predicted octanol–water partition coefficient (Wildman–Crippen LogP) is 2.32. The van der Waals surface area contributed by atoms with Crippen molar-refractivity contribution < 1.29 is 8.78 Å². The Bertz CT molecular complexity index is 568. The number of rotatable bonds is 6. The summed E-state index contributed by atoms with van der Waals surface area (Å²) >= 11 is 0. The van der Waals surface area contributed by atoms with Gasteiger partial charge in [-0.05, 0) is 24.5 Å². The molecule has 0 aliphatic carbocycles. The molecule has 4 nitrogen and oxygen atoms in total. The smallest absolute Gasteiger partial charge is 0.129 e. The van der Waals surface area contributed by atoms with E-state index in [1.807, 2.05) is 10.9 Å². The lowest BCUT2D eigenvalue weighted by Gasteiger charge is -2.14. The third-order valence-electron chi connectivity index (χ3n) is 3.15. The molecular formula is C14H18F2N4. The van der Waals surface area contributed by atoms with Gasteiger partial charge in [-0.25, -0.2) is 8.78 Å². The molecule has 1 aromatic carbocycles. The van der Waals surface area contributed by atoms with Crippen LogP contribution in [-0.4, -0.2) is 9.78 Å². The molecule has 0 radical (unpaired) electrons. The van der Waals surface area contributed by atoms with E-state index in [4.69, 9.17) is 5.84 Å². The van der Waals surface area contributed by atoms with Crippen molar-refractivity contribution in [3.8, 4) is 0 Å². The average molecular weight is 280 g/mol. The molecule has 1 heterocycles. The molecule has 3 N–H and O–H groups in total. The molecule has 0 saturated heterocycles. The molecule has 20 heavy (non-hydrogen) atoms. The van der Waals surface area contributed by atoms with Crippen LogP contribution in [0.1, 0.15) is 30.5 Å². The molecule has 0 fully saturated rings. The normalized spacial score (nSPS) is 12.6. The van der Waals surface area contributed by atoms with Gasteiger partial charge >= 0.3 is 0 Å². The van der Waals surface area contributed by atoms with Crippen molar-refractivity contribution >= 4 is 0 Å². The van der Waals surface area contributed by atoms with E-state index in [1.165, 1.54) is 12.1 Å². The van der Waals surface area contributed by atoms with E-state index in [-0.39, 0.29) is 6.04 Å². The van der Waals surface area contributed by atoms with Crippen LogP contribution in [0.5, 0.6) is 0 Å². The van der Waals surface area contributed by atoms with Gasteiger partial charge < -0.3 is 0 Å². The van der Waals surface area contributed by atoms with Crippen molar-refractivity contribution in [3.63, 3.8) is 0 Å². The number of nitrogens with two attached hydrogens (primary N) is 1. The van der Waals surface area contributed by atoms with E-state index < -0.39 is 11.6 Å². The maximum absolute atomic E-state index is 13.7. The molecule has 0 aliphatic heterocycles. The number of benzene rings is 1. The molecule has 0 amide bonds. The fraction of sp³-hybridized carbons (Fsp3) is 0.357. The predicted molar refractivity (Wildman–Crippen MR) is 72.6 cm³/mol. The lowest BCUT2D eigenvalue weighted by atomic mass is 10.0. The highest BCUT2D eigenvalue weighted by atomic mass is 19.1. The number of hydrogen-bond donors (Lipinski definition) is 2. The molecule has 1 atom stereocenters. The minimum Gasteiger partial charge on any atom is -0.272 e. The van der Waals surface area contributed by atoms with Crippen LogP contribution >= 0.6 is 0 Å². The van der Waals surface area contributed by atoms with E-state index in [0.29, 0.717) is 12.0 Å². The molecule has 0 saturated carbocycles. The first-order chi connectivity index (χ1) is 9.63. The highest BCUT2D eigenvalue weighted by molar-refractivity contribution is 5.22.